The van der Waals surface area contributed by atoms with Crippen LogP contribution in [0.4, 0.5) is 0 Å². The number of rotatable bonds is 3. The van der Waals surface area contributed by atoms with Gasteiger partial charge >= 0.3 is 17.8 Å². The van der Waals surface area contributed by atoms with Gasteiger partial charge in [0.25, 0.3) is 0 Å². The van der Waals surface area contributed by atoms with Crippen LogP contribution in [0.5, 0.6) is 0 Å². The number of hydrogen-bond acceptors (Lipinski definition) is 6. The molecule has 0 radical (unpaired) electrons. The van der Waals surface area contributed by atoms with Crippen molar-refractivity contribution in [2.45, 2.75) is 19.3 Å². The van der Waals surface area contributed by atoms with Crippen molar-refractivity contribution >= 4 is 57.4 Å². The van der Waals surface area contributed by atoms with E-state index in [-0.39, 0.29) is 52.0 Å². The van der Waals surface area contributed by atoms with Gasteiger partial charge in [0.15, 0.2) is 0 Å². The molecule has 1 fully saturated rings. The molecule has 0 atom stereocenters. The maximum Gasteiger partial charge on any atom is 0.397 e. The van der Waals surface area contributed by atoms with Crippen molar-refractivity contribution in [3.63, 3.8) is 0 Å². The Balaban J connectivity index is 0. The average Bonchev–Trinajstić information content (AvgIpc) is 2.34. The number of carbonyl (C=O) groups excluding carboxylic acids is 3. The molecule has 6 nitrogen and oxygen atoms in total. The molecule has 9 heteroatoms. The number of amides is 2. The molecule has 0 saturated carbocycles. The molecule has 2 amide bonds. The Hall–Kier alpha value is -0.220. The second kappa shape index (κ2) is 7.17. The van der Waals surface area contributed by atoms with Crippen LogP contribution in [-0.4, -0.2) is 33.6 Å². The Labute approximate surface area is 112 Å². The fourth-order valence-electron chi connectivity index (χ4n) is 1.04. The Morgan fingerprint density at radius 3 is 2.12 bits per heavy atom. The zero-order valence-electron chi connectivity index (χ0n) is 8.30. The van der Waals surface area contributed by atoms with E-state index >= 15 is 0 Å². The van der Waals surface area contributed by atoms with Crippen LogP contribution >= 0.6 is 39.6 Å². The maximum atomic E-state index is 11.1. The number of imide groups is 1. The molecule has 0 unspecified atom stereocenters. The fourth-order valence-corrected chi connectivity index (χ4v) is 1.22. The summed E-state index contributed by atoms with van der Waals surface area (Å²) in [7, 11) is 0. The van der Waals surface area contributed by atoms with E-state index in [4.69, 9.17) is 0 Å². The summed E-state index contributed by atoms with van der Waals surface area (Å²) in [5.41, 5.74) is 0. The first-order chi connectivity index (χ1) is 6.50. The van der Waals surface area contributed by atoms with E-state index in [2.05, 4.69) is 17.5 Å². The first kappa shape index (κ1) is 18.2. The van der Waals surface area contributed by atoms with Gasteiger partial charge in [-0.2, -0.15) is 44.8 Å². The molecule has 1 N–H and O–H groups in total. The Kier molecular flexibility index (Phi) is 8.14. The molecule has 1 heterocycles. The van der Waals surface area contributed by atoms with Crippen molar-refractivity contribution in [1.29, 1.82) is 0 Å². The molecule has 1 rings (SSSR count). The third-order valence-corrected chi connectivity index (χ3v) is 2.00. The van der Waals surface area contributed by atoms with Crippen LogP contribution in [-0.2, 0) is 19.2 Å². The highest BCUT2D eigenvalue weighted by molar-refractivity contribution is 7.80. The smallest absolute Gasteiger partial charge is 0.245 e. The Morgan fingerprint density at radius 1 is 1.31 bits per heavy atom. The minimum Gasteiger partial charge on any atom is -0.245 e. The summed E-state index contributed by atoms with van der Waals surface area (Å²) < 4.78 is 0. The van der Waals surface area contributed by atoms with Gasteiger partial charge in [-0.05, 0) is 0 Å². The van der Waals surface area contributed by atoms with Gasteiger partial charge in [-0.3, -0.25) is 0 Å². The van der Waals surface area contributed by atoms with E-state index < -0.39 is 22.6 Å². The van der Waals surface area contributed by atoms with E-state index in [9.17, 15) is 19.6 Å². The van der Waals surface area contributed by atoms with Gasteiger partial charge in [-0.15, -0.1) is 0 Å². The lowest BCUT2D eigenvalue weighted by molar-refractivity contribution is -1.12. The summed E-state index contributed by atoms with van der Waals surface area (Å²) in [6.45, 7) is 0. The van der Waals surface area contributed by atoms with Crippen molar-refractivity contribution < 1.29 is 29.2 Å². The molecule has 1 aliphatic rings. The number of carbonyl (C=O) groups is 3. The second-order valence-electron chi connectivity index (χ2n) is 2.80. The van der Waals surface area contributed by atoms with Crippen LogP contribution in [0.2, 0.25) is 0 Å². The van der Waals surface area contributed by atoms with E-state index in [1.165, 1.54) is 0 Å². The molecule has 94 valence electrons. The topological polar surface area (TPSA) is 80.7 Å². The van der Waals surface area contributed by atoms with Crippen LogP contribution < -0.4 is 0 Å². The predicted octanol–water partition coefficient (Wildman–Crippen LogP) is 0.0431. The predicted molar refractivity (Wildman–Crippen MR) is 66.6 cm³/mol. The minimum atomic E-state index is -1.84. The normalized spacial score (nSPS) is 17.4. The number of nitrogens with zero attached hydrogens (tertiary/aromatic N) is 1. The van der Waals surface area contributed by atoms with E-state index in [0.29, 0.717) is 0 Å². The van der Waals surface area contributed by atoms with E-state index in [0.717, 1.165) is 0 Å². The van der Waals surface area contributed by atoms with Gasteiger partial charge < -0.3 is 0 Å². The molecule has 1 aliphatic heterocycles. The van der Waals surface area contributed by atoms with Crippen molar-refractivity contribution in [2.24, 2.45) is 0 Å². The van der Waals surface area contributed by atoms with E-state index in [1.807, 2.05) is 0 Å². The Bertz CT molecular complexity index is 280. The van der Waals surface area contributed by atoms with Crippen LogP contribution in [0.1, 0.15) is 19.3 Å². The SMILES string of the molecule is O=C(CCS)O[N+]1(O)C(=O)CCC1=O.S.S. The fraction of sp³-hybridized carbons (Fsp3) is 0.571. The van der Waals surface area contributed by atoms with Crippen molar-refractivity contribution in [1.82, 2.24) is 0 Å². The van der Waals surface area contributed by atoms with E-state index in [1.54, 1.807) is 0 Å². The highest BCUT2D eigenvalue weighted by atomic mass is 32.1. The minimum absolute atomic E-state index is 0. The lowest BCUT2D eigenvalue weighted by Crippen LogP contribution is -2.50. The standard InChI is InChI=1S/C7H9NO5S.2H2S/c9-5-1-2-6(10)8(5,12)13-7(11)3-4-14;;/h12H,1-4H2;2*1H2/p+1. The van der Waals surface area contributed by atoms with Crippen molar-refractivity contribution in [2.75, 3.05) is 5.75 Å². The van der Waals surface area contributed by atoms with Crippen LogP contribution in [0, 0.1) is 0 Å². The zero-order chi connectivity index (χ0) is 10.8. The van der Waals surface area contributed by atoms with Gasteiger partial charge in [0, 0.05) is 5.75 Å². The Morgan fingerprint density at radius 2 is 1.75 bits per heavy atom. The summed E-state index contributed by atoms with van der Waals surface area (Å²) in [6, 6.07) is 0. The summed E-state index contributed by atoms with van der Waals surface area (Å²) in [6.07, 6.45) is -0.281. The molecular formula is C7H14NO5S3+. The van der Waals surface area contributed by atoms with Gasteiger partial charge in [0.2, 0.25) is 0 Å². The lowest BCUT2D eigenvalue weighted by atomic mass is 10.4. The number of hydroxylamine groups is 4. The highest BCUT2D eigenvalue weighted by Gasteiger charge is 2.55. The van der Waals surface area contributed by atoms with Gasteiger partial charge in [-0.25, -0.2) is 19.2 Å². The quantitative estimate of drug-likeness (QED) is 0.332. The largest absolute Gasteiger partial charge is 0.397 e. The first-order valence-electron chi connectivity index (χ1n) is 4.02. The monoisotopic (exact) mass is 288 g/mol. The van der Waals surface area contributed by atoms with Gasteiger partial charge in [0.05, 0.1) is 19.3 Å². The van der Waals surface area contributed by atoms with Gasteiger partial charge in [-0.1, -0.05) is 0 Å². The zero-order valence-corrected chi connectivity index (χ0v) is 11.2. The highest BCUT2D eigenvalue weighted by Crippen LogP contribution is 2.20. The summed E-state index contributed by atoms with van der Waals surface area (Å²) in [5, 5.41) is 9.40. The average molecular weight is 288 g/mol. The van der Waals surface area contributed by atoms with Crippen molar-refractivity contribution in [3.8, 4) is 0 Å². The molecule has 0 aliphatic carbocycles. The second-order valence-corrected chi connectivity index (χ2v) is 3.25. The first-order valence-corrected chi connectivity index (χ1v) is 4.66. The van der Waals surface area contributed by atoms with Gasteiger partial charge in [0.1, 0.15) is 4.81 Å². The summed E-state index contributed by atoms with van der Waals surface area (Å²) in [5.74, 6) is -2.24. The molecular weight excluding hydrogens is 274 g/mol. The summed E-state index contributed by atoms with van der Waals surface area (Å²) in [4.78, 5) is 35.6. The molecule has 16 heavy (non-hydrogen) atoms. The third kappa shape index (κ3) is 3.67. The van der Waals surface area contributed by atoms with Crippen LogP contribution in [0.25, 0.3) is 0 Å². The molecule has 1 saturated heterocycles. The third-order valence-electron chi connectivity index (χ3n) is 1.78. The number of thiol groups is 1. The number of hydrogen-bond donors (Lipinski definition) is 2. The molecule has 0 spiro atoms. The molecule has 0 bridgehead atoms. The molecule has 0 aromatic carbocycles. The van der Waals surface area contributed by atoms with Crippen LogP contribution in [0.15, 0.2) is 0 Å². The summed E-state index contributed by atoms with van der Waals surface area (Å²) >= 11 is 3.77. The van der Waals surface area contributed by atoms with Crippen molar-refractivity contribution in [3.05, 3.63) is 0 Å². The molecule has 0 aromatic rings. The van der Waals surface area contributed by atoms with Crippen LogP contribution in [0.3, 0.4) is 0 Å². The number of quaternary nitrogens is 1. The maximum absolute atomic E-state index is 11.1. The lowest BCUT2D eigenvalue weighted by Gasteiger charge is -2.15. The molecule has 0 aromatic heterocycles.